The molecular weight excluding hydrogens is 492 g/mol. The van der Waals surface area contributed by atoms with Crippen molar-refractivity contribution in [1.82, 2.24) is 0 Å². The zero-order valence-electron chi connectivity index (χ0n) is 18.7. The summed E-state index contributed by atoms with van der Waals surface area (Å²) in [6.07, 6.45) is 22.1. The van der Waals surface area contributed by atoms with Crippen molar-refractivity contribution >= 4 is 0 Å². The monoisotopic (exact) mass is 529 g/mol. The van der Waals surface area contributed by atoms with E-state index in [-0.39, 0.29) is 0 Å². The molecular formula is C27H39Er. The molecule has 0 radical (unpaired) electrons. The first-order chi connectivity index (χ1) is 13.5. The molecule has 3 rings (SSSR count). The van der Waals surface area contributed by atoms with E-state index in [1.165, 1.54) is 38.5 Å². The van der Waals surface area contributed by atoms with Crippen molar-refractivity contribution < 1.29 is 31.5 Å². The van der Waals surface area contributed by atoms with Crippen LogP contribution >= 0.6 is 0 Å². The summed E-state index contributed by atoms with van der Waals surface area (Å²) in [6, 6.07) is 0. The predicted molar refractivity (Wildman–Crippen MR) is 121 cm³/mol. The molecule has 28 heavy (non-hydrogen) atoms. The van der Waals surface area contributed by atoms with Crippen LogP contribution in [0.5, 0.6) is 0 Å². The van der Waals surface area contributed by atoms with Gasteiger partial charge >= 0.3 is 188 Å². The number of hydrogen-bond acceptors (Lipinski definition) is 0. The molecule has 0 saturated carbocycles. The van der Waals surface area contributed by atoms with E-state index in [0.717, 1.165) is 0 Å². The van der Waals surface area contributed by atoms with E-state index in [0.29, 0.717) is 17.8 Å². The zero-order chi connectivity index (χ0) is 20.3. The van der Waals surface area contributed by atoms with Crippen molar-refractivity contribution in [3.05, 3.63) is 58.4 Å². The van der Waals surface area contributed by atoms with Crippen molar-refractivity contribution in [2.75, 3.05) is 0 Å². The van der Waals surface area contributed by atoms with Crippen LogP contribution in [0.3, 0.4) is 0 Å². The molecule has 0 aromatic heterocycles. The molecule has 0 fully saturated rings. The molecule has 3 aliphatic carbocycles. The topological polar surface area (TPSA) is 0 Å². The predicted octanol–water partition coefficient (Wildman–Crippen LogP) is 8.39. The Morgan fingerprint density at radius 3 is 1.14 bits per heavy atom. The average Bonchev–Trinajstić information content (AvgIpc) is 3.47. The molecule has 0 bridgehead atoms. The van der Waals surface area contributed by atoms with Crippen LogP contribution in [0.15, 0.2) is 58.4 Å². The second-order valence-corrected chi connectivity index (χ2v) is 13.1. The Labute approximate surface area is 186 Å². The van der Waals surface area contributed by atoms with E-state index in [9.17, 15) is 0 Å². The van der Waals surface area contributed by atoms with Gasteiger partial charge < -0.3 is 0 Å². The molecule has 0 amide bonds. The average molecular weight is 531 g/mol. The fraction of sp³-hybridized carbons (Fsp3) is 0.556. The summed E-state index contributed by atoms with van der Waals surface area (Å²) < 4.78 is 5.52. The standard InChI is InChI=1S/3C9H13.Er/c3*1-3-8(2)9-6-4-5-7-9;/h3*4,6,8H,3,5H2,1-2H3;. The van der Waals surface area contributed by atoms with E-state index >= 15 is 0 Å². The summed E-state index contributed by atoms with van der Waals surface area (Å²) in [5.41, 5.74) is 5.06. The zero-order valence-corrected chi connectivity index (χ0v) is 20.6. The molecule has 0 aliphatic heterocycles. The third kappa shape index (κ3) is 4.39. The molecule has 3 atom stereocenters. The summed E-state index contributed by atoms with van der Waals surface area (Å²) >= 11 is -1.32. The van der Waals surface area contributed by atoms with Gasteiger partial charge in [-0.15, -0.1) is 0 Å². The van der Waals surface area contributed by atoms with Gasteiger partial charge in [0, 0.05) is 0 Å². The van der Waals surface area contributed by atoms with Gasteiger partial charge in [0.15, 0.2) is 0 Å². The molecule has 0 aromatic rings. The maximum atomic E-state index is 2.47. The number of rotatable bonds is 9. The van der Waals surface area contributed by atoms with Crippen molar-refractivity contribution in [2.45, 2.75) is 80.1 Å². The van der Waals surface area contributed by atoms with Gasteiger partial charge in [-0.25, -0.2) is 0 Å². The van der Waals surface area contributed by atoms with Crippen LogP contribution < -0.4 is 0 Å². The SMILES string of the molecule is CCC(C)C1=[C]([Er]([C]2=C(C(C)CC)C=CC2)[C]2=C(C(C)CC)C=CC2)CC=C1. The van der Waals surface area contributed by atoms with Crippen LogP contribution in [0, 0.1) is 49.3 Å². The Morgan fingerprint density at radius 2 is 0.893 bits per heavy atom. The van der Waals surface area contributed by atoms with Crippen molar-refractivity contribution in [1.29, 1.82) is 0 Å². The molecule has 0 nitrogen and oxygen atoms in total. The third-order valence-electron chi connectivity index (χ3n) is 6.54. The fourth-order valence-electron chi connectivity index (χ4n) is 4.07. The van der Waals surface area contributed by atoms with Crippen LogP contribution in [-0.4, -0.2) is 0 Å². The van der Waals surface area contributed by atoms with Gasteiger partial charge in [0.2, 0.25) is 0 Å². The summed E-state index contributed by atoms with van der Waals surface area (Å²) in [4.78, 5) is 0. The van der Waals surface area contributed by atoms with Gasteiger partial charge in [0.1, 0.15) is 0 Å². The first-order valence-corrected chi connectivity index (χ1v) is 14.1. The van der Waals surface area contributed by atoms with Crippen LogP contribution in [0.2, 0.25) is 0 Å². The second kappa shape index (κ2) is 10.1. The Hall–Kier alpha value is -0.313. The molecule has 0 aromatic carbocycles. The van der Waals surface area contributed by atoms with E-state index in [1.54, 1.807) is 16.7 Å². The Balaban J connectivity index is 2.17. The van der Waals surface area contributed by atoms with E-state index in [4.69, 9.17) is 0 Å². The Kier molecular flexibility index (Phi) is 8.10. The van der Waals surface area contributed by atoms with E-state index < -0.39 is 31.5 Å². The van der Waals surface area contributed by atoms with Gasteiger partial charge in [-0.3, -0.25) is 0 Å². The van der Waals surface area contributed by atoms with Crippen molar-refractivity contribution in [3.63, 3.8) is 0 Å². The summed E-state index contributed by atoms with van der Waals surface area (Å²) in [5, 5.41) is 0. The minimum atomic E-state index is -1.32. The summed E-state index contributed by atoms with van der Waals surface area (Å²) in [5.74, 6) is 2.06. The molecule has 159 valence electrons. The third-order valence-corrected chi connectivity index (χ3v) is 12.6. The van der Waals surface area contributed by atoms with E-state index in [1.807, 2.05) is 5.20 Å². The van der Waals surface area contributed by atoms with Crippen molar-refractivity contribution in [3.8, 4) is 0 Å². The molecule has 0 spiro atoms. The van der Waals surface area contributed by atoms with Crippen molar-refractivity contribution in [2.24, 2.45) is 17.8 Å². The normalized spacial score (nSPS) is 22.7. The molecule has 3 aliphatic rings. The second-order valence-electron chi connectivity index (χ2n) is 8.38. The Bertz CT molecular complexity index is 663. The van der Waals surface area contributed by atoms with Gasteiger partial charge in [-0.1, -0.05) is 0 Å². The molecule has 0 saturated heterocycles. The number of allylic oxidation sites excluding steroid dienone is 12. The maximum absolute atomic E-state index is 2.47. The molecule has 0 heterocycles. The van der Waals surface area contributed by atoms with E-state index in [2.05, 4.69) is 78.0 Å². The van der Waals surface area contributed by atoms with Gasteiger partial charge in [0.05, 0.1) is 0 Å². The first kappa shape index (κ1) is 22.4. The van der Waals surface area contributed by atoms with Crippen LogP contribution in [0.25, 0.3) is 0 Å². The van der Waals surface area contributed by atoms with Crippen LogP contribution in [0.4, 0.5) is 0 Å². The number of hydrogen-bond donors (Lipinski definition) is 0. The van der Waals surface area contributed by atoms with Crippen LogP contribution in [-0.2, 0) is 0 Å². The molecule has 1 heteroatoms. The summed E-state index contributed by atoms with van der Waals surface area (Å²) in [6.45, 7) is 14.3. The minimum absolute atomic E-state index is 0.688. The van der Waals surface area contributed by atoms with Gasteiger partial charge in [0.25, 0.3) is 0 Å². The molecule has 0 N–H and O–H groups in total. The quantitative estimate of drug-likeness (QED) is 0.281. The van der Waals surface area contributed by atoms with Gasteiger partial charge in [-0.05, 0) is 0 Å². The summed E-state index contributed by atoms with van der Waals surface area (Å²) in [7, 11) is 0. The van der Waals surface area contributed by atoms with Crippen LogP contribution in [0.1, 0.15) is 80.1 Å². The fourth-order valence-corrected chi connectivity index (χ4v) is 11.3. The Morgan fingerprint density at radius 1 is 0.607 bits per heavy atom. The first-order valence-electron chi connectivity index (χ1n) is 11.3. The molecule has 3 unspecified atom stereocenters. The van der Waals surface area contributed by atoms with Gasteiger partial charge in [-0.2, -0.15) is 0 Å².